The first-order valence-electron chi connectivity index (χ1n) is 8.06. The van der Waals surface area contributed by atoms with Crippen molar-refractivity contribution in [1.82, 2.24) is 0 Å². The molecule has 4 aliphatic carbocycles. The molecular formula is C18H24O2. The van der Waals surface area contributed by atoms with Crippen LogP contribution in [0.3, 0.4) is 0 Å². The van der Waals surface area contributed by atoms with Gasteiger partial charge in [-0.25, -0.2) is 0 Å². The third-order valence-electron chi connectivity index (χ3n) is 6.64. The molecule has 0 saturated heterocycles. The Labute approximate surface area is 120 Å². The van der Waals surface area contributed by atoms with Crippen molar-refractivity contribution in [2.24, 2.45) is 29.1 Å². The topological polar surface area (TPSA) is 40.5 Å². The quantitative estimate of drug-likeness (QED) is 0.659. The van der Waals surface area contributed by atoms with Gasteiger partial charge in [-0.05, 0) is 54.4 Å². The van der Waals surface area contributed by atoms with Crippen molar-refractivity contribution >= 4 is 0 Å². The first kappa shape index (κ1) is 12.7. The molecule has 0 heterocycles. The van der Waals surface area contributed by atoms with Gasteiger partial charge in [0.2, 0.25) is 0 Å². The lowest BCUT2D eigenvalue weighted by Gasteiger charge is -2.50. The largest absolute Gasteiger partial charge is 0.512 e. The molecule has 2 fully saturated rings. The van der Waals surface area contributed by atoms with Crippen LogP contribution in [0.15, 0.2) is 35.6 Å². The zero-order valence-corrected chi connectivity index (χ0v) is 12.1. The van der Waals surface area contributed by atoms with E-state index in [4.69, 9.17) is 0 Å². The van der Waals surface area contributed by atoms with Crippen LogP contribution in [0.2, 0.25) is 0 Å². The standard InChI is InChI=1S/C18H24O2/c1-18-10-9-12-11-3-2-4-16(19)14(11)6-5-13(12)15(18)7-8-17(18)20/h2-3,5-6,11-13,15,17,19-20H,4,7-10H2,1H3/t11-,12-,13-,15+,17?,18+/m1/s1. The van der Waals surface area contributed by atoms with E-state index >= 15 is 0 Å². The molecule has 0 aromatic rings. The van der Waals surface area contributed by atoms with Gasteiger partial charge in [0.25, 0.3) is 0 Å². The summed E-state index contributed by atoms with van der Waals surface area (Å²) in [5, 5.41) is 20.5. The maximum atomic E-state index is 10.4. The molecule has 6 atom stereocenters. The van der Waals surface area contributed by atoms with Crippen LogP contribution in [-0.2, 0) is 0 Å². The van der Waals surface area contributed by atoms with Crippen LogP contribution in [0.4, 0.5) is 0 Å². The number of allylic oxidation sites excluding steroid dienone is 5. The Morgan fingerprint density at radius 2 is 2.05 bits per heavy atom. The summed E-state index contributed by atoms with van der Waals surface area (Å²) in [6.07, 6.45) is 13.9. The van der Waals surface area contributed by atoms with Gasteiger partial charge in [-0.1, -0.05) is 31.2 Å². The molecule has 0 aromatic carbocycles. The van der Waals surface area contributed by atoms with Crippen LogP contribution in [0.25, 0.3) is 0 Å². The van der Waals surface area contributed by atoms with E-state index in [2.05, 4.69) is 31.2 Å². The van der Waals surface area contributed by atoms with Gasteiger partial charge >= 0.3 is 0 Å². The summed E-state index contributed by atoms with van der Waals surface area (Å²) >= 11 is 0. The van der Waals surface area contributed by atoms with Gasteiger partial charge in [-0.15, -0.1) is 0 Å². The minimum atomic E-state index is -0.117. The maximum Gasteiger partial charge on any atom is 0.0998 e. The van der Waals surface area contributed by atoms with Gasteiger partial charge in [0.1, 0.15) is 0 Å². The lowest BCUT2D eigenvalue weighted by Crippen LogP contribution is -2.45. The Morgan fingerprint density at radius 1 is 1.20 bits per heavy atom. The van der Waals surface area contributed by atoms with Crippen LogP contribution in [0.1, 0.15) is 39.0 Å². The van der Waals surface area contributed by atoms with Crippen molar-refractivity contribution in [3.8, 4) is 0 Å². The molecular weight excluding hydrogens is 248 g/mol. The minimum Gasteiger partial charge on any atom is -0.512 e. The van der Waals surface area contributed by atoms with E-state index in [0.717, 1.165) is 24.8 Å². The summed E-state index contributed by atoms with van der Waals surface area (Å²) in [4.78, 5) is 0. The Bertz CT molecular complexity index is 516. The van der Waals surface area contributed by atoms with Crippen molar-refractivity contribution in [3.05, 3.63) is 35.6 Å². The molecule has 2 heteroatoms. The van der Waals surface area contributed by atoms with Crippen LogP contribution in [0.5, 0.6) is 0 Å². The highest BCUT2D eigenvalue weighted by molar-refractivity contribution is 5.37. The fourth-order valence-corrected chi connectivity index (χ4v) is 5.43. The van der Waals surface area contributed by atoms with Gasteiger partial charge in [0, 0.05) is 12.3 Å². The average Bonchev–Trinajstić information content (AvgIpc) is 2.75. The number of fused-ring (bicyclic) bond motifs is 5. The molecule has 4 rings (SSSR count). The molecule has 2 nitrogen and oxygen atoms in total. The predicted octanol–water partition coefficient (Wildman–Crippen LogP) is 3.75. The molecule has 1 unspecified atom stereocenters. The summed E-state index contributed by atoms with van der Waals surface area (Å²) in [5.74, 6) is 2.78. The molecule has 2 saturated carbocycles. The third kappa shape index (κ3) is 1.54. The van der Waals surface area contributed by atoms with Gasteiger partial charge in [0.15, 0.2) is 0 Å². The molecule has 0 aliphatic heterocycles. The summed E-state index contributed by atoms with van der Waals surface area (Å²) in [6.45, 7) is 2.29. The predicted molar refractivity (Wildman–Crippen MR) is 79.1 cm³/mol. The van der Waals surface area contributed by atoms with Crippen LogP contribution in [0, 0.1) is 29.1 Å². The fraction of sp³-hybridized carbons (Fsp3) is 0.667. The van der Waals surface area contributed by atoms with Gasteiger partial charge in [-0.2, -0.15) is 0 Å². The Morgan fingerprint density at radius 3 is 2.90 bits per heavy atom. The zero-order valence-electron chi connectivity index (χ0n) is 12.1. The summed E-state index contributed by atoms with van der Waals surface area (Å²) < 4.78 is 0. The second kappa shape index (κ2) is 4.24. The average molecular weight is 272 g/mol. The Kier molecular flexibility index (Phi) is 2.69. The molecule has 0 bridgehead atoms. The van der Waals surface area contributed by atoms with Gasteiger partial charge < -0.3 is 10.2 Å². The maximum absolute atomic E-state index is 10.4. The second-order valence-electron chi connectivity index (χ2n) is 7.40. The molecule has 20 heavy (non-hydrogen) atoms. The van der Waals surface area contributed by atoms with Crippen molar-refractivity contribution in [2.75, 3.05) is 0 Å². The number of rotatable bonds is 0. The van der Waals surface area contributed by atoms with E-state index in [0.29, 0.717) is 35.9 Å². The monoisotopic (exact) mass is 272 g/mol. The first-order valence-corrected chi connectivity index (χ1v) is 8.06. The number of aliphatic hydroxyl groups is 2. The normalized spacial score (nSPS) is 49.8. The summed E-state index contributed by atoms with van der Waals surface area (Å²) in [7, 11) is 0. The third-order valence-corrected chi connectivity index (χ3v) is 6.64. The fourth-order valence-electron chi connectivity index (χ4n) is 5.43. The first-order chi connectivity index (χ1) is 9.61. The van der Waals surface area contributed by atoms with Crippen LogP contribution < -0.4 is 0 Å². The molecule has 108 valence electrons. The molecule has 4 aliphatic rings. The molecule has 0 aromatic heterocycles. The lowest BCUT2D eigenvalue weighted by atomic mass is 9.54. The van der Waals surface area contributed by atoms with E-state index in [1.165, 1.54) is 6.42 Å². The summed E-state index contributed by atoms with van der Waals surface area (Å²) in [5.41, 5.74) is 1.27. The van der Waals surface area contributed by atoms with Crippen molar-refractivity contribution in [1.29, 1.82) is 0 Å². The highest BCUT2D eigenvalue weighted by Gasteiger charge is 2.54. The minimum absolute atomic E-state index is 0.117. The van der Waals surface area contributed by atoms with E-state index < -0.39 is 0 Å². The molecule has 0 spiro atoms. The van der Waals surface area contributed by atoms with Crippen molar-refractivity contribution in [3.63, 3.8) is 0 Å². The Balaban J connectivity index is 1.73. The van der Waals surface area contributed by atoms with E-state index in [1.807, 2.05) is 0 Å². The van der Waals surface area contributed by atoms with E-state index in [1.54, 1.807) is 0 Å². The Hall–Kier alpha value is -1.02. The number of hydrogen-bond acceptors (Lipinski definition) is 2. The molecule has 2 N–H and O–H groups in total. The van der Waals surface area contributed by atoms with Crippen LogP contribution >= 0.6 is 0 Å². The zero-order chi connectivity index (χ0) is 13.9. The number of hydrogen-bond donors (Lipinski definition) is 2. The SMILES string of the molecule is C[C@]12CC[C@H]3[C@@H](C=CC4=C(O)CC=C[C@@H]43)[C@@H]1CCC2O. The smallest absolute Gasteiger partial charge is 0.0998 e. The summed E-state index contributed by atoms with van der Waals surface area (Å²) in [6, 6.07) is 0. The highest BCUT2D eigenvalue weighted by atomic mass is 16.3. The van der Waals surface area contributed by atoms with Gasteiger partial charge in [-0.3, -0.25) is 0 Å². The van der Waals surface area contributed by atoms with Crippen molar-refractivity contribution in [2.45, 2.75) is 45.1 Å². The highest BCUT2D eigenvalue weighted by Crippen LogP contribution is 2.60. The van der Waals surface area contributed by atoms with Crippen molar-refractivity contribution < 1.29 is 10.2 Å². The molecule has 0 amide bonds. The second-order valence-corrected chi connectivity index (χ2v) is 7.40. The molecule has 0 radical (unpaired) electrons. The van der Waals surface area contributed by atoms with E-state index in [9.17, 15) is 10.2 Å². The number of aliphatic hydroxyl groups excluding tert-OH is 2. The van der Waals surface area contributed by atoms with Gasteiger partial charge in [0.05, 0.1) is 11.9 Å². The lowest BCUT2D eigenvalue weighted by molar-refractivity contribution is -0.0269. The van der Waals surface area contributed by atoms with Crippen LogP contribution in [-0.4, -0.2) is 16.3 Å². The van der Waals surface area contributed by atoms with E-state index in [-0.39, 0.29) is 11.5 Å².